The molecule has 1 atom stereocenters. The number of nitrogens with zero attached hydrogens (tertiary/aromatic N) is 2. The summed E-state index contributed by atoms with van der Waals surface area (Å²) < 4.78 is 13.0. The van der Waals surface area contributed by atoms with Gasteiger partial charge in [-0.05, 0) is 48.2 Å². The Kier molecular flexibility index (Phi) is 3.77. The van der Waals surface area contributed by atoms with E-state index in [4.69, 9.17) is 14.5 Å². The molecule has 0 saturated heterocycles. The van der Waals surface area contributed by atoms with E-state index >= 15 is 0 Å². The Bertz CT molecular complexity index is 1040. The zero-order chi connectivity index (χ0) is 18.4. The molecule has 1 unspecified atom stereocenters. The van der Waals surface area contributed by atoms with Crippen molar-refractivity contribution in [1.82, 2.24) is 14.9 Å². The number of aryl methyl sites for hydroxylation is 1. The Morgan fingerprint density at radius 1 is 1.22 bits per heavy atom. The fraction of sp³-hybridized carbons (Fsp3) is 0.333. The molecular formula is C21H21N3O3. The number of amides is 1. The van der Waals surface area contributed by atoms with Crippen molar-refractivity contribution in [1.29, 1.82) is 0 Å². The first-order valence-electron chi connectivity index (χ1n) is 9.33. The monoisotopic (exact) mass is 363 g/mol. The van der Waals surface area contributed by atoms with Crippen molar-refractivity contribution in [2.24, 2.45) is 5.92 Å². The molecule has 0 fully saturated rings. The van der Waals surface area contributed by atoms with Crippen LogP contribution in [0, 0.1) is 5.92 Å². The smallest absolute Gasteiger partial charge is 0.251 e. The zero-order valence-corrected chi connectivity index (χ0v) is 15.2. The number of nitrogens with one attached hydrogen (secondary N) is 1. The number of aromatic nitrogens is 2. The van der Waals surface area contributed by atoms with Crippen molar-refractivity contribution in [2.75, 3.05) is 6.79 Å². The summed E-state index contributed by atoms with van der Waals surface area (Å²) in [4.78, 5) is 17.3. The topological polar surface area (TPSA) is 65.4 Å². The molecule has 1 N–H and O–H groups in total. The second kappa shape index (κ2) is 6.30. The number of benzene rings is 2. The van der Waals surface area contributed by atoms with Crippen LogP contribution in [0.3, 0.4) is 0 Å². The molecule has 6 heteroatoms. The Morgan fingerprint density at radius 3 is 3.04 bits per heavy atom. The van der Waals surface area contributed by atoms with E-state index in [1.807, 2.05) is 36.4 Å². The second-order valence-corrected chi connectivity index (χ2v) is 7.35. The molecule has 3 heterocycles. The first-order valence-corrected chi connectivity index (χ1v) is 9.33. The molecule has 5 rings (SSSR count). The lowest BCUT2D eigenvalue weighted by Gasteiger charge is -2.19. The Labute approximate surface area is 157 Å². The quantitative estimate of drug-likeness (QED) is 0.776. The van der Waals surface area contributed by atoms with Crippen LogP contribution in [0.5, 0.6) is 11.5 Å². The van der Waals surface area contributed by atoms with Crippen LogP contribution in [0.1, 0.15) is 35.1 Å². The summed E-state index contributed by atoms with van der Waals surface area (Å²) in [7, 11) is 0. The maximum atomic E-state index is 12.6. The average Bonchev–Trinajstić information content (AvgIpc) is 3.28. The number of hydrogen-bond donors (Lipinski definition) is 1. The third-order valence-electron chi connectivity index (χ3n) is 5.36. The molecule has 1 aromatic heterocycles. The molecule has 0 radical (unpaired) electrons. The van der Waals surface area contributed by atoms with Gasteiger partial charge in [-0.25, -0.2) is 4.98 Å². The standard InChI is InChI=1S/C21H21N3O3/c1-13-6-7-24-17-4-3-15(10-16(17)23-20(24)8-13)21(25)22-11-14-2-5-18-19(9-14)27-12-26-18/h2-5,9-10,13H,6-8,11-12H2,1H3,(H,22,25). The van der Waals surface area contributed by atoms with Crippen molar-refractivity contribution < 1.29 is 14.3 Å². The molecular weight excluding hydrogens is 342 g/mol. The molecule has 2 aliphatic rings. The number of carbonyl (C=O) groups excluding carboxylic acids is 1. The van der Waals surface area contributed by atoms with E-state index in [2.05, 4.69) is 16.8 Å². The Morgan fingerprint density at radius 2 is 2.11 bits per heavy atom. The minimum absolute atomic E-state index is 0.103. The first kappa shape index (κ1) is 16.2. The highest BCUT2D eigenvalue weighted by molar-refractivity contribution is 5.97. The van der Waals surface area contributed by atoms with Gasteiger partial charge >= 0.3 is 0 Å². The van der Waals surface area contributed by atoms with Crippen molar-refractivity contribution >= 4 is 16.9 Å². The normalized spacial score (nSPS) is 17.7. The van der Waals surface area contributed by atoms with Gasteiger partial charge in [-0.1, -0.05) is 13.0 Å². The molecule has 1 amide bonds. The maximum Gasteiger partial charge on any atom is 0.251 e. The van der Waals surface area contributed by atoms with E-state index in [1.165, 1.54) is 6.42 Å². The molecule has 3 aromatic rings. The zero-order valence-electron chi connectivity index (χ0n) is 15.2. The predicted molar refractivity (Wildman–Crippen MR) is 101 cm³/mol. The Hall–Kier alpha value is -3.02. The minimum atomic E-state index is -0.103. The summed E-state index contributed by atoms with van der Waals surface area (Å²) in [6, 6.07) is 11.5. The van der Waals surface area contributed by atoms with E-state index < -0.39 is 0 Å². The molecule has 138 valence electrons. The number of ether oxygens (including phenoxy) is 2. The highest BCUT2D eigenvalue weighted by Gasteiger charge is 2.20. The van der Waals surface area contributed by atoms with Crippen LogP contribution in [0.2, 0.25) is 0 Å². The van der Waals surface area contributed by atoms with E-state index in [9.17, 15) is 4.79 Å². The van der Waals surface area contributed by atoms with Crippen LogP contribution >= 0.6 is 0 Å². The highest BCUT2D eigenvalue weighted by Crippen LogP contribution is 2.32. The van der Waals surface area contributed by atoms with E-state index in [0.717, 1.165) is 46.9 Å². The summed E-state index contributed by atoms with van der Waals surface area (Å²) in [6.45, 7) is 3.95. The minimum Gasteiger partial charge on any atom is -0.454 e. The summed E-state index contributed by atoms with van der Waals surface area (Å²) in [5, 5.41) is 2.97. The van der Waals surface area contributed by atoms with Gasteiger partial charge in [-0.2, -0.15) is 0 Å². The number of fused-ring (bicyclic) bond motifs is 4. The number of rotatable bonds is 3. The van der Waals surface area contributed by atoms with Crippen LogP contribution < -0.4 is 14.8 Å². The van der Waals surface area contributed by atoms with E-state index in [0.29, 0.717) is 18.0 Å². The fourth-order valence-electron chi connectivity index (χ4n) is 3.82. The van der Waals surface area contributed by atoms with E-state index in [1.54, 1.807) is 0 Å². The summed E-state index contributed by atoms with van der Waals surface area (Å²) in [6.07, 6.45) is 2.18. The van der Waals surface area contributed by atoms with Crippen LogP contribution in [-0.4, -0.2) is 22.3 Å². The number of carbonyl (C=O) groups is 1. The molecule has 2 aromatic carbocycles. The Balaban J connectivity index is 1.33. The molecule has 2 aliphatic heterocycles. The molecule has 0 saturated carbocycles. The van der Waals surface area contributed by atoms with Crippen molar-refractivity contribution in [3.05, 3.63) is 53.3 Å². The van der Waals surface area contributed by atoms with Gasteiger partial charge in [-0.3, -0.25) is 4.79 Å². The van der Waals surface area contributed by atoms with Crippen molar-refractivity contribution in [3.63, 3.8) is 0 Å². The summed E-state index contributed by atoms with van der Waals surface area (Å²) >= 11 is 0. The lowest BCUT2D eigenvalue weighted by atomic mass is 10.0. The maximum absolute atomic E-state index is 12.6. The van der Waals surface area contributed by atoms with Gasteiger partial charge < -0.3 is 19.4 Å². The van der Waals surface area contributed by atoms with Crippen molar-refractivity contribution in [2.45, 2.75) is 32.9 Å². The molecule has 0 bridgehead atoms. The lowest BCUT2D eigenvalue weighted by Crippen LogP contribution is -2.22. The van der Waals surface area contributed by atoms with Gasteiger partial charge in [0.05, 0.1) is 11.0 Å². The van der Waals surface area contributed by atoms with Gasteiger partial charge in [0, 0.05) is 25.1 Å². The van der Waals surface area contributed by atoms with Gasteiger partial charge in [0.2, 0.25) is 6.79 Å². The van der Waals surface area contributed by atoms with Crippen LogP contribution in [0.4, 0.5) is 0 Å². The third kappa shape index (κ3) is 2.91. The van der Waals surface area contributed by atoms with Crippen LogP contribution in [0.25, 0.3) is 11.0 Å². The lowest BCUT2D eigenvalue weighted by molar-refractivity contribution is 0.0951. The van der Waals surface area contributed by atoms with Crippen LogP contribution in [-0.2, 0) is 19.5 Å². The average molecular weight is 363 g/mol. The van der Waals surface area contributed by atoms with Gasteiger partial charge in [0.15, 0.2) is 11.5 Å². The molecule has 6 nitrogen and oxygen atoms in total. The molecule has 0 aliphatic carbocycles. The fourth-order valence-corrected chi connectivity index (χ4v) is 3.82. The second-order valence-electron chi connectivity index (χ2n) is 7.35. The SMILES string of the molecule is CC1CCn2c(nc3cc(C(=O)NCc4ccc5c(c4)OCO5)ccc32)C1. The highest BCUT2D eigenvalue weighted by atomic mass is 16.7. The summed E-state index contributed by atoms with van der Waals surface area (Å²) in [5.74, 6) is 3.16. The largest absolute Gasteiger partial charge is 0.454 e. The van der Waals surface area contributed by atoms with Gasteiger partial charge in [-0.15, -0.1) is 0 Å². The van der Waals surface area contributed by atoms with Gasteiger partial charge in [0.25, 0.3) is 5.91 Å². The predicted octanol–water partition coefficient (Wildman–Crippen LogP) is 3.28. The van der Waals surface area contributed by atoms with E-state index in [-0.39, 0.29) is 12.7 Å². The molecule has 27 heavy (non-hydrogen) atoms. The number of hydrogen-bond acceptors (Lipinski definition) is 4. The molecule has 0 spiro atoms. The third-order valence-corrected chi connectivity index (χ3v) is 5.36. The van der Waals surface area contributed by atoms with Crippen LogP contribution in [0.15, 0.2) is 36.4 Å². The number of imidazole rings is 1. The summed E-state index contributed by atoms with van der Waals surface area (Å²) in [5.41, 5.74) is 3.62. The van der Waals surface area contributed by atoms with Crippen molar-refractivity contribution in [3.8, 4) is 11.5 Å². The van der Waals surface area contributed by atoms with Gasteiger partial charge in [0.1, 0.15) is 5.82 Å². The first-order chi connectivity index (χ1) is 13.2.